The molecule has 1 saturated heterocycles. The van der Waals surface area contributed by atoms with Gasteiger partial charge in [0.25, 0.3) is 0 Å². The van der Waals surface area contributed by atoms with E-state index in [1.54, 1.807) is 19.2 Å². The van der Waals surface area contributed by atoms with E-state index in [0.29, 0.717) is 12.3 Å². The highest BCUT2D eigenvalue weighted by Gasteiger charge is 2.24. The lowest BCUT2D eigenvalue weighted by Gasteiger charge is -2.20. The maximum Gasteiger partial charge on any atom is 0.239 e. The zero-order valence-electron chi connectivity index (χ0n) is 14.5. The van der Waals surface area contributed by atoms with E-state index in [1.807, 2.05) is 43.3 Å². The molecule has 1 atom stereocenters. The topological polar surface area (TPSA) is 59.1 Å². The largest absolute Gasteiger partial charge is 0.491 e. The van der Waals surface area contributed by atoms with Crippen LogP contribution in [0.1, 0.15) is 18.1 Å². The number of nitrogens with zero attached hydrogens (tertiary/aromatic N) is 1. The van der Waals surface area contributed by atoms with Gasteiger partial charge in [-0.3, -0.25) is 4.31 Å². The van der Waals surface area contributed by atoms with E-state index in [-0.39, 0.29) is 11.9 Å². The molecule has 1 aliphatic rings. The van der Waals surface area contributed by atoms with Crippen molar-refractivity contribution in [1.82, 2.24) is 0 Å². The lowest BCUT2D eigenvalue weighted by molar-refractivity contribution is 0.263. The van der Waals surface area contributed by atoms with Gasteiger partial charge in [0.2, 0.25) is 10.0 Å². The molecule has 0 N–H and O–H groups in total. The third-order valence-corrected chi connectivity index (χ3v) is 5.99. The highest BCUT2D eigenvalue weighted by molar-refractivity contribution is 7.92. The average Bonchev–Trinajstić information content (AvgIpc) is 3.45. The second kappa shape index (κ2) is 7.45. The van der Waals surface area contributed by atoms with Gasteiger partial charge in [-0.1, -0.05) is 31.2 Å². The molecule has 0 amide bonds. The van der Waals surface area contributed by atoms with Gasteiger partial charge in [-0.15, -0.1) is 0 Å². The molecule has 0 saturated carbocycles. The molecule has 2 aromatic rings. The fourth-order valence-electron chi connectivity index (χ4n) is 2.61. The molecule has 134 valence electrons. The third-order valence-electron chi connectivity index (χ3n) is 4.27. The SMILES string of the molecule is CCc1cc(OCC2CO2)ccc1CS(=O)(=O)N(C)c1ccccc1. The summed E-state index contributed by atoms with van der Waals surface area (Å²) >= 11 is 0. The van der Waals surface area contributed by atoms with Crippen molar-refractivity contribution in [3.63, 3.8) is 0 Å². The van der Waals surface area contributed by atoms with Crippen LogP contribution in [0.15, 0.2) is 48.5 Å². The first kappa shape index (κ1) is 17.8. The number of rotatable bonds is 8. The molecule has 1 aliphatic heterocycles. The monoisotopic (exact) mass is 361 g/mol. The zero-order valence-corrected chi connectivity index (χ0v) is 15.3. The summed E-state index contributed by atoms with van der Waals surface area (Å²) in [6.07, 6.45) is 0.946. The van der Waals surface area contributed by atoms with Crippen LogP contribution in [-0.4, -0.2) is 34.8 Å². The summed E-state index contributed by atoms with van der Waals surface area (Å²) in [4.78, 5) is 0. The average molecular weight is 361 g/mol. The number of ether oxygens (including phenoxy) is 2. The molecular weight excluding hydrogens is 338 g/mol. The normalized spacial score (nSPS) is 16.5. The summed E-state index contributed by atoms with van der Waals surface area (Å²) in [5.41, 5.74) is 2.45. The van der Waals surface area contributed by atoms with Crippen LogP contribution in [0.3, 0.4) is 0 Å². The first-order valence-electron chi connectivity index (χ1n) is 8.37. The first-order valence-corrected chi connectivity index (χ1v) is 9.98. The second-order valence-corrected chi connectivity index (χ2v) is 8.11. The van der Waals surface area contributed by atoms with Gasteiger partial charge in [0.1, 0.15) is 18.5 Å². The van der Waals surface area contributed by atoms with Crippen molar-refractivity contribution in [3.05, 3.63) is 59.7 Å². The Morgan fingerprint density at radius 2 is 1.88 bits per heavy atom. The lowest BCUT2D eigenvalue weighted by Crippen LogP contribution is -2.28. The minimum Gasteiger partial charge on any atom is -0.491 e. The van der Waals surface area contributed by atoms with Gasteiger partial charge < -0.3 is 9.47 Å². The van der Waals surface area contributed by atoms with E-state index in [2.05, 4.69) is 0 Å². The van der Waals surface area contributed by atoms with Gasteiger partial charge in [0.15, 0.2) is 0 Å². The maximum absolute atomic E-state index is 12.8. The predicted octanol–water partition coefficient (Wildman–Crippen LogP) is 2.99. The van der Waals surface area contributed by atoms with Crippen LogP contribution in [0.2, 0.25) is 0 Å². The Balaban J connectivity index is 1.76. The fourth-order valence-corrected chi connectivity index (χ4v) is 3.92. The Labute approximate surface area is 149 Å². The van der Waals surface area contributed by atoms with Crippen LogP contribution in [0.4, 0.5) is 5.69 Å². The van der Waals surface area contributed by atoms with Crippen LogP contribution in [0.25, 0.3) is 0 Å². The van der Waals surface area contributed by atoms with Gasteiger partial charge in [-0.2, -0.15) is 0 Å². The number of hydrogen-bond donors (Lipinski definition) is 0. The van der Waals surface area contributed by atoms with Gasteiger partial charge in [-0.25, -0.2) is 8.42 Å². The summed E-state index contributed by atoms with van der Waals surface area (Å²) in [7, 11) is -1.87. The van der Waals surface area contributed by atoms with E-state index in [9.17, 15) is 8.42 Å². The number of aryl methyl sites for hydroxylation is 1. The Bertz CT molecular complexity index is 817. The smallest absolute Gasteiger partial charge is 0.239 e. The van der Waals surface area contributed by atoms with Crippen molar-refractivity contribution in [2.24, 2.45) is 0 Å². The molecule has 0 radical (unpaired) electrons. The van der Waals surface area contributed by atoms with Crippen molar-refractivity contribution >= 4 is 15.7 Å². The number of epoxide rings is 1. The van der Waals surface area contributed by atoms with E-state index in [0.717, 1.165) is 29.9 Å². The molecule has 0 bridgehead atoms. The van der Waals surface area contributed by atoms with Crippen molar-refractivity contribution in [1.29, 1.82) is 0 Å². The summed E-state index contributed by atoms with van der Waals surface area (Å²) < 4.78 is 37.7. The predicted molar refractivity (Wildman–Crippen MR) is 98.5 cm³/mol. The summed E-state index contributed by atoms with van der Waals surface area (Å²) in [6, 6.07) is 14.7. The van der Waals surface area contributed by atoms with Crippen molar-refractivity contribution in [3.8, 4) is 5.75 Å². The quantitative estimate of drug-likeness (QED) is 0.678. The summed E-state index contributed by atoms with van der Waals surface area (Å²) in [5.74, 6) is 0.720. The summed E-state index contributed by atoms with van der Waals surface area (Å²) in [5, 5.41) is 0. The molecule has 2 aromatic carbocycles. The molecule has 5 nitrogen and oxygen atoms in total. The molecule has 1 heterocycles. The van der Waals surface area contributed by atoms with E-state index < -0.39 is 10.0 Å². The molecule has 0 spiro atoms. The third kappa shape index (κ3) is 4.52. The lowest BCUT2D eigenvalue weighted by atomic mass is 10.1. The molecule has 0 aromatic heterocycles. The van der Waals surface area contributed by atoms with Gasteiger partial charge in [0.05, 0.1) is 18.0 Å². The summed E-state index contributed by atoms with van der Waals surface area (Å²) in [6.45, 7) is 3.31. The molecule has 3 rings (SSSR count). The standard InChI is InChI=1S/C19H23NO4S/c1-3-15-11-18(23-12-19-13-24-19)10-9-16(15)14-25(21,22)20(2)17-7-5-4-6-8-17/h4-11,19H,3,12-14H2,1-2H3. The van der Waals surface area contributed by atoms with Crippen molar-refractivity contribution in [2.45, 2.75) is 25.2 Å². The number of sulfonamides is 1. The Hall–Kier alpha value is -2.05. The minimum atomic E-state index is -3.46. The second-order valence-electron chi connectivity index (χ2n) is 6.11. The van der Waals surface area contributed by atoms with Crippen molar-refractivity contribution < 1.29 is 17.9 Å². The Morgan fingerprint density at radius 1 is 1.16 bits per heavy atom. The molecule has 25 heavy (non-hydrogen) atoms. The van der Waals surface area contributed by atoms with Crippen LogP contribution in [0.5, 0.6) is 5.75 Å². The van der Waals surface area contributed by atoms with E-state index >= 15 is 0 Å². The highest BCUT2D eigenvalue weighted by Crippen LogP contribution is 2.24. The molecule has 1 fully saturated rings. The van der Waals surface area contributed by atoms with Crippen molar-refractivity contribution in [2.75, 3.05) is 24.6 Å². The van der Waals surface area contributed by atoms with Crippen LogP contribution >= 0.6 is 0 Å². The number of hydrogen-bond acceptors (Lipinski definition) is 4. The molecule has 6 heteroatoms. The zero-order chi connectivity index (χ0) is 17.9. The fraction of sp³-hybridized carbons (Fsp3) is 0.368. The molecule has 1 unspecified atom stereocenters. The molecular formula is C19H23NO4S. The Kier molecular flexibility index (Phi) is 5.30. The number of anilines is 1. The highest BCUT2D eigenvalue weighted by atomic mass is 32.2. The van der Waals surface area contributed by atoms with Crippen LogP contribution < -0.4 is 9.04 Å². The van der Waals surface area contributed by atoms with E-state index in [4.69, 9.17) is 9.47 Å². The van der Waals surface area contributed by atoms with Crippen LogP contribution in [-0.2, 0) is 26.9 Å². The number of para-hydroxylation sites is 1. The van der Waals surface area contributed by atoms with Gasteiger partial charge in [-0.05, 0) is 41.8 Å². The Morgan fingerprint density at radius 3 is 2.52 bits per heavy atom. The van der Waals surface area contributed by atoms with Gasteiger partial charge in [0, 0.05) is 7.05 Å². The van der Waals surface area contributed by atoms with Gasteiger partial charge >= 0.3 is 0 Å². The molecule has 0 aliphatic carbocycles. The van der Waals surface area contributed by atoms with Crippen LogP contribution in [0, 0.1) is 0 Å². The maximum atomic E-state index is 12.8. The first-order chi connectivity index (χ1) is 12.0. The minimum absolute atomic E-state index is 0.0341. The number of benzene rings is 2. The van der Waals surface area contributed by atoms with E-state index in [1.165, 1.54) is 4.31 Å².